The Labute approximate surface area is 177 Å². The smallest absolute Gasteiger partial charge is 0.321 e. The Balaban J connectivity index is 1.83. The van der Waals surface area contributed by atoms with Gasteiger partial charge in [0.15, 0.2) is 0 Å². The van der Waals surface area contributed by atoms with E-state index >= 15 is 0 Å². The Morgan fingerprint density at radius 3 is 2.10 bits per heavy atom. The zero-order valence-electron chi connectivity index (χ0n) is 16.5. The summed E-state index contributed by atoms with van der Waals surface area (Å²) in [6.45, 7) is 1.72. The van der Waals surface area contributed by atoms with Gasteiger partial charge in [0.05, 0.1) is 28.2 Å². The van der Waals surface area contributed by atoms with Gasteiger partial charge in [0.2, 0.25) is 0 Å². The minimum absolute atomic E-state index is 0.215. The Hall–Kier alpha value is -3.87. The van der Waals surface area contributed by atoms with Crippen LogP contribution in [0.15, 0.2) is 84.9 Å². The van der Waals surface area contributed by atoms with Crippen LogP contribution in [0.2, 0.25) is 0 Å². The zero-order valence-corrected chi connectivity index (χ0v) is 16.5. The van der Waals surface area contributed by atoms with Crippen LogP contribution in [0.5, 0.6) is 0 Å². The van der Waals surface area contributed by atoms with E-state index in [0.717, 1.165) is 11.8 Å². The number of rotatable bonds is 4. The van der Waals surface area contributed by atoms with Crippen molar-refractivity contribution in [2.75, 3.05) is 5.32 Å². The molecular formula is C24H18F3N3O. The first kappa shape index (κ1) is 20.4. The fourth-order valence-electron chi connectivity index (χ4n) is 3.42. The number of hydrogen-bond acceptors (Lipinski definition) is 2. The number of carbonyl (C=O) groups is 1. The highest BCUT2D eigenvalue weighted by atomic mass is 19.4. The van der Waals surface area contributed by atoms with Crippen molar-refractivity contribution in [1.29, 1.82) is 0 Å². The summed E-state index contributed by atoms with van der Waals surface area (Å²) in [5.74, 6) is -0.657. The number of nitrogens with one attached hydrogen (secondary N) is 1. The fourth-order valence-corrected chi connectivity index (χ4v) is 3.42. The van der Waals surface area contributed by atoms with Gasteiger partial charge in [-0.25, -0.2) is 4.68 Å². The van der Waals surface area contributed by atoms with Crippen LogP contribution in [-0.2, 0) is 6.18 Å². The molecule has 0 aliphatic carbocycles. The van der Waals surface area contributed by atoms with Gasteiger partial charge in [0.1, 0.15) is 5.69 Å². The van der Waals surface area contributed by atoms with Crippen molar-refractivity contribution < 1.29 is 18.0 Å². The average Bonchev–Trinajstić information content (AvgIpc) is 3.12. The van der Waals surface area contributed by atoms with E-state index in [2.05, 4.69) is 10.4 Å². The molecular weight excluding hydrogens is 403 g/mol. The Morgan fingerprint density at radius 1 is 0.871 bits per heavy atom. The zero-order chi connectivity index (χ0) is 22.0. The number of amides is 1. The fraction of sp³-hybridized carbons (Fsp3) is 0.0833. The summed E-state index contributed by atoms with van der Waals surface area (Å²) in [6, 6.07) is 23.2. The first-order valence-corrected chi connectivity index (χ1v) is 9.54. The second-order valence-corrected chi connectivity index (χ2v) is 6.92. The van der Waals surface area contributed by atoms with Gasteiger partial charge < -0.3 is 5.32 Å². The number of halogens is 3. The van der Waals surface area contributed by atoms with Gasteiger partial charge in [-0.1, -0.05) is 60.7 Å². The van der Waals surface area contributed by atoms with Crippen LogP contribution >= 0.6 is 0 Å². The number of benzene rings is 3. The summed E-state index contributed by atoms with van der Waals surface area (Å²) >= 11 is 0. The quantitative estimate of drug-likeness (QED) is 0.432. The van der Waals surface area contributed by atoms with E-state index in [1.165, 1.54) is 18.2 Å². The van der Waals surface area contributed by atoms with Gasteiger partial charge in [0, 0.05) is 5.56 Å². The summed E-state index contributed by atoms with van der Waals surface area (Å²) < 4.78 is 41.8. The lowest BCUT2D eigenvalue weighted by Crippen LogP contribution is -2.18. The number of para-hydroxylation sites is 2. The largest absolute Gasteiger partial charge is 0.418 e. The average molecular weight is 421 g/mol. The van der Waals surface area contributed by atoms with Crippen molar-refractivity contribution in [2.24, 2.45) is 0 Å². The van der Waals surface area contributed by atoms with Gasteiger partial charge in [-0.3, -0.25) is 4.79 Å². The van der Waals surface area contributed by atoms with Crippen LogP contribution in [0, 0.1) is 6.92 Å². The molecule has 4 nitrogen and oxygen atoms in total. The molecule has 0 radical (unpaired) electrons. The molecule has 0 aliphatic heterocycles. The SMILES string of the molecule is Cc1c(C(=O)Nc2ccccc2C(F)(F)F)c(-c2ccccc2)nn1-c1ccccc1. The minimum Gasteiger partial charge on any atom is -0.321 e. The molecule has 1 heterocycles. The van der Waals surface area contributed by atoms with Gasteiger partial charge in [-0.05, 0) is 31.2 Å². The Bertz CT molecular complexity index is 1220. The topological polar surface area (TPSA) is 46.9 Å². The molecule has 1 amide bonds. The number of hydrogen-bond donors (Lipinski definition) is 1. The maximum absolute atomic E-state index is 13.4. The van der Waals surface area contributed by atoms with E-state index in [9.17, 15) is 18.0 Å². The van der Waals surface area contributed by atoms with Crippen LogP contribution < -0.4 is 5.32 Å². The molecule has 0 atom stereocenters. The van der Waals surface area contributed by atoms with Gasteiger partial charge >= 0.3 is 6.18 Å². The Kier molecular flexibility index (Phi) is 5.33. The van der Waals surface area contributed by atoms with Crippen LogP contribution in [-0.4, -0.2) is 15.7 Å². The van der Waals surface area contributed by atoms with E-state index in [1.54, 1.807) is 23.7 Å². The van der Waals surface area contributed by atoms with Crippen molar-refractivity contribution in [3.05, 3.63) is 102 Å². The highest BCUT2D eigenvalue weighted by molar-refractivity contribution is 6.09. The number of carbonyl (C=O) groups excluding carboxylic acids is 1. The summed E-state index contributed by atoms with van der Waals surface area (Å²) in [7, 11) is 0. The van der Waals surface area contributed by atoms with E-state index in [4.69, 9.17) is 0 Å². The predicted molar refractivity (Wildman–Crippen MR) is 113 cm³/mol. The maximum atomic E-state index is 13.4. The number of anilines is 1. The summed E-state index contributed by atoms with van der Waals surface area (Å²) in [5.41, 5.74) is 1.35. The third-order valence-electron chi connectivity index (χ3n) is 4.87. The highest BCUT2D eigenvalue weighted by Gasteiger charge is 2.34. The molecule has 0 aliphatic rings. The number of nitrogens with zero attached hydrogens (tertiary/aromatic N) is 2. The monoisotopic (exact) mass is 421 g/mol. The van der Waals surface area contributed by atoms with Crippen molar-refractivity contribution in [1.82, 2.24) is 9.78 Å². The standard InChI is InChI=1S/C24H18F3N3O/c1-16-21(23(31)28-20-15-9-8-14-19(20)24(25,26)27)22(17-10-4-2-5-11-17)29-30(16)18-12-6-3-7-13-18/h2-15H,1H3,(H,28,31). The first-order valence-electron chi connectivity index (χ1n) is 9.54. The Morgan fingerprint density at radius 2 is 1.45 bits per heavy atom. The van der Waals surface area contributed by atoms with Crippen LogP contribution in [0.4, 0.5) is 18.9 Å². The van der Waals surface area contributed by atoms with E-state index < -0.39 is 17.6 Å². The number of alkyl halides is 3. The van der Waals surface area contributed by atoms with E-state index in [0.29, 0.717) is 17.0 Å². The lowest BCUT2D eigenvalue weighted by atomic mass is 10.0. The van der Waals surface area contributed by atoms with Gasteiger partial charge in [-0.15, -0.1) is 0 Å². The molecule has 4 rings (SSSR count). The van der Waals surface area contributed by atoms with Crippen molar-refractivity contribution in [2.45, 2.75) is 13.1 Å². The normalized spacial score (nSPS) is 11.4. The van der Waals surface area contributed by atoms with E-state index in [1.807, 2.05) is 48.5 Å². The van der Waals surface area contributed by atoms with Crippen molar-refractivity contribution >= 4 is 11.6 Å². The minimum atomic E-state index is -4.59. The molecule has 0 saturated heterocycles. The molecule has 0 unspecified atom stereocenters. The second-order valence-electron chi connectivity index (χ2n) is 6.92. The highest BCUT2D eigenvalue weighted by Crippen LogP contribution is 2.35. The molecule has 0 saturated carbocycles. The summed E-state index contributed by atoms with van der Waals surface area (Å²) in [5, 5.41) is 7.05. The molecule has 3 aromatic carbocycles. The molecule has 1 N–H and O–H groups in total. The van der Waals surface area contributed by atoms with Crippen LogP contribution in [0.1, 0.15) is 21.6 Å². The van der Waals surface area contributed by atoms with Gasteiger partial charge in [-0.2, -0.15) is 18.3 Å². The summed E-state index contributed by atoms with van der Waals surface area (Å²) in [6.07, 6.45) is -4.59. The third kappa shape index (κ3) is 4.07. The molecule has 156 valence electrons. The van der Waals surface area contributed by atoms with Crippen LogP contribution in [0.3, 0.4) is 0 Å². The lowest BCUT2D eigenvalue weighted by Gasteiger charge is -2.14. The van der Waals surface area contributed by atoms with Crippen LogP contribution in [0.25, 0.3) is 16.9 Å². The first-order chi connectivity index (χ1) is 14.9. The lowest BCUT2D eigenvalue weighted by molar-refractivity contribution is -0.136. The molecule has 0 fully saturated rings. The van der Waals surface area contributed by atoms with Crippen molar-refractivity contribution in [3.8, 4) is 16.9 Å². The molecule has 4 aromatic rings. The van der Waals surface area contributed by atoms with E-state index in [-0.39, 0.29) is 11.3 Å². The molecule has 1 aromatic heterocycles. The third-order valence-corrected chi connectivity index (χ3v) is 4.87. The molecule has 0 bridgehead atoms. The van der Waals surface area contributed by atoms with Gasteiger partial charge in [0.25, 0.3) is 5.91 Å². The maximum Gasteiger partial charge on any atom is 0.418 e. The van der Waals surface area contributed by atoms with Crippen molar-refractivity contribution in [3.63, 3.8) is 0 Å². The molecule has 31 heavy (non-hydrogen) atoms. The molecule has 7 heteroatoms. The molecule has 0 spiro atoms. The predicted octanol–water partition coefficient (Wildman–Crippen LogP) is 6.12. The second kappa shape index (κ2) is 8.10. The number of aromatic nitrogens is 2. The summed E-state index contributed by atoms with van der Waals surface area (Å²) in [4.78, 5) is 13.2.